The molecule has 0 aliphatic carbocycles. The van der Waals surface area contributed by atoms with Crippen molar-refractivity contribution in [3.63, 3.8) is 0 Å². The highest BCUT2D eigenvalue weighted by Crippen LogP contribution is 2.30. The van der Waals surface area contributed by atoms with Crippen LogP contribution in [0, 0.1) is 5.92 Å². The third kappa shape index (κ3) is 4.50. The Kier molecular flexibility index (Phi) is 6.78. The van der Waals surface area contributed by atoms with E-state index in [0.29, 0.717) is 5.91 Å². The van der Waals surface area contributed by atoms with Gasteiger partial charge in [-0.25, -0.2) is 0 Å². The number of likely N-dealkylation sites (tertiary alicyclic amines) is 2. The van der Waals surface area contributed by atoms with Crippen LogP contribution in [0.1, 0.15) is 44.1 Å². The van der Waals surface area contributed by atoms with Gasteiger partial charge in [0.15, 0.2) is 11.5 Å². The Morgan fingerprint density at radius 1 is 1.12 bits per heavy atom. The van der Waals surface area contributed by atoms with Crippen LogP contribution < -0.4 is 14.4 Å². The zero-order valence-electron chi connectivity index (χ0n) is 16.3. The number of hydrogen-bond donors (Lipinski definition) is 1. The van der Waals surface area contributed by atoms with Gasteiger partial charge in [-0.05, 0) is 37.8 Å². The summed E-state index contributed by atoms with van der Waals surface area (Å²) in [6.45, 7) is 4.83. The van der Waals surface area contributed by atoms with E-state index < -0.39 is 0 Å². The van der Waals surface area contributed by atoms with Crippen molar-refractivity contribution >= 4 is 5.91 Å². The van der Waals surface area contributed by atoms with E-state index in [0.717, 1.165) is 75.5 Å². The third-order valence-electron chi connectivity index (χ3n) is 5.81. The second-order valence-electron chi connectivity index (χ2n) is 7.61. The molecule has 144 valence electrons. The summed E-state index contributed by atoms with van der Waals surface area (Å²) in [6.07, 6.45) is 7.01. The van der Waals surface area contributed by atoms with Crippen LogP contribution in [0.4, 0.5) is 0 Å². The standard InChI is InChI=1S/C21H32N2O3/c1-25-19-11-7-9-17(20(19)26-2)15-22-12-8-10-18(16-22)21(24)23-13-5-3-4-6-14-23/h7,9,11,18H,3-6,8,10,12-16H2,1-2H3/p+1. The van der Waals surface area contributed by atoms with Gasteiger partial charge in [0.25, 0.3) is 0 Å². The Labute approximate surface area is 157 Å². The molecule has 1 amide bonds. The number of para-hydroxylation sites is 1. The predicted octanol–water partition coefficient (Wildman–Crippen LogP) is 1.90. The van der Waals surface area contributed by atoms with Crippen LogP contribution in [0.5, 0.6) is 11.5 Å². The molecule has 2 aliphatic heterocycles. The number of carbonyl (C=O) groups excluding carboxylic acids is 1. The summed E-state index contributed by atoms with van der Waals surface area (Å²) in [6, 6.07) is 6.05. The quantitative estimate of drug-likeness (QED) is 0.871. The van der Waals surface area contributed by atoms with Crippen molar-refractivity contribution in [2.45, 2.75) is 45.1 Å². The Hall–Kier alpha value is -1.75. The van der Waals surface area contributed by atoms with E-state index in [-0.39, 0.29) is 5.92 Å². The first kappa shape index (κ1) is 19.0. The number of benzene rings is 1. The van der Waals surface area contributed by atoms with Crippen molar-refractivity contribution in [1.82, 2.24) is 4.90 Å². The van der Waals surface area contributed by atoms with E-state index >= 15 is 0 Å². The topological polar surface area (TPSA) is 43.2 Å². The maximum Gasteiger partial charge on any atom is 0.231 e. The molecule has 26 heavy (non-hydrogen) atoms. The van der Waals surface area contributed by atoms with E-state index in [1.165, 1.54) is 17.7 Å². The summed E-state index contributed by atoms with van der Waals surface area (Å²) in [7, 11) is 3.36. The molecule has 1 aromatic rings. The lowest BCUT2D eigenvalue weighted by atomic mass is 9.95. The number of piperidine rings is 1. The minimum absolute atomic E-state index is 0.174. The lowest BCUT2D eigenvalue weighted by Gasteiger charge is -2.32. The zero-order chi connectivity index (χ0) is 18.4. The molecule has 0 bridgehead atoms. The van der Waals surface area contributed by atoms with Crippen LogP contribution in [0.3, 0.4) is 0 Å². The molecule has 5 nitrogen and oxygen atoms in total. The van der Waals surface area contributed by atoms with E-state index in [1.807, 2.05) is 12.1 Å². The molecule has 2 unspecified atom stereocenters. The van der Waals surface area contributed by atoms with Crippen molar-refractivity contribution in [2.75, 3.05) is 40.4 Å². The van der Waals surface area contributed by atoms with E-state index in [1.54, 1.807) is 14.2 Å². The summed E-state index contributed by atoms with van der Waals surface area (Å²) < 4.78 is 11.0. The number of quaternary nitrogens is 1. The molecule has 1 N–H and O–H groups in total. The van der Waals surface area contributed by atoms with Gasteiger partial charge in [0.2, 0.25) is 5.91 Å². The number of hydrogen-bond acceptors (Lipinski definition) is 3. The molecule has 0 saturated carbocycles. The summed E-state index contributed by atoms with van der Waals surface area (Å²) in [5, 5.41) is 0. The largest absolute Gasteiger partial charge is 0.493 e. The molecular formula is C21H33N2O3+. The first-order valence-corrected chi connectivity index (χ1v) is 10.0. The monoisotopic (exact) mass is 361 g/mol. The van der Waals surface area contributed by atoms with Crippen molar-refractivity contribution in [3.8, 4) is 11.5 Å². The van der Waals surface area contributed by atoms with E-state index in [4.69, 9.17) is 9.47 Å². The second kappa shape index (κ2) is 9.26. The van der Waals surface area contributed by atoms with Gasteiger partial charge in [-0.3, -0.25) is 4.79 Å². The van der Waals surface area contributed by atoms with Gasteiger partial charge in [-0.1, -0.05) is 18.9 Å². The summed E-state index contributed by atoms with van der Waals surface area (Å²) in [4.78, 5) is 16.6. The van der Waals surface area contributed by atoms with Gasteiger partial charge in [0, 0.05) is 13.1 Å². The van der Waals surface area contributed by atoms with E-state index in [2.05, 4.69) is 11.0 Å². The van der Waals surface area contributed by atoms with Gasteiger partial charge in [-0.15, -0.1) is 0 Å². The average molecular weight is 362 g/mol. The fraction of sp³-hybridized carbons (Fsp3) is 0.667. The van der Waals surface area contributed by atoms with Gasteiger partial charge < -0.3 is 19.3 Å². The normalized spacial score (nSPS) is 24.0. The van der Waals surface area contributed by atoms with Gasteiger partial charge in [-0.2, -0.15) is 0 Å². The first-order valence-electron chi connectivity index (χ1n) is 10.0. The zero-order valence-corrected chi connectivity index (χ0v) is 16.3. The summed E-state index contributed by atoms with van der Waals surface area (Å²) >= 11 is 0. The van der Waals surface area contributed by atoms with Gasteiger partial charge >= 0.3 is 0 Å². The maximum absolute atomic E-state index is 13.0. The molecule has 0 spiro atoms. The average Bonchev–Trinajstić information content (AvgIpc) is 2.97. The minimum atomic E-state index is 0.174. The molecule has 0 radical (unpaired) electrons. The van der Waals surface area contributed by atoms with Crippen LogP contribution in [-0.2, 0) is 11.3 Å². The molecule has 1 aromatic carbocycles. The first-order chi connectivity index (χ1) is 12.7. The van der Waals surface area contributed by atoms with Crippen molar-refractivity contribution in [1.29, 1.82) is 0 Å². The molecule has 2 aliphatic rings. The number of nitrogens with zero attached hydrogens (tertiary/aromatic N) is 1. The highest BCUT2D eigenvalue weighted by molar-refractivity contribution is 5.79. The molecule has 2 saturated heterocycles. The number of methoxy groups -OCH3 is 2. The van der Waals surface area contributed by atoms with Crippen LogP contribution >= 0.6 is 0 Å². The number of nitrogens with one attached hydrogen (secondary N) is 1. The highest BCUT2D eigenvalue weighted by atomic mass is 16.5. The smallest absolute Gasteiger partial charge is 0.231 e. The fourth-order valence-corrected chi connectivity index (χ4v) is 4.43. The fourth-order valence-electron chi connectivity index (χ4n) is 4.43. The highest BCUT2D eigenvalue weighted by Gasteiger charge is 2.32. The number of amides is 1. The maximum atomic E-state index is 13.0. The van der Waals surface area contributed by atoms with Crippen molar-refractivity contribution in [2.24, 2.45) is 5.92 Å². The van der Waals surface area contributed by atoms with Crippen molar-refractivity contribution in [3.05, 3.63) is 23.8 Å². The number of ether oxygens (including phenoxy) is 2. The van der Waals surface area contributed by atoms with E-state index in [9.17, 15) is 4.79 Å². The number of carbonyl (C=O) groups is 1. The minimum Gasteiger partial charge on any atom is -0.493 e. The molecule has 0 aromatic heterocycles. The van der Waals surface area contributed by atoms with Crippen LogP contribution in [0.15, 0.2) is 18.2 Å². The number of rotatable bonds is 5. The third-order valence-corrected chi connectivity index (χ3v) is 5.81. The lowest BCUT2D eigenvalue weighted by Crippen LogP contribution is -3.12. The Morgan fingerprint density at radius 2 is 1.88 bits per heavy atom. The molecule has 3 rings (SSSR count). The van der Waals surface area contributed by atoms with Crippen molar-refractivity contribution < 1.29 is 19.2 Å². The Balaban J connectivity index is 1.64. The molecular weight excluding hydrogens is 328 g/mol. The molecule has 2 heterocycles. The van der Waals surface area contributed by atoms with Crippen LogP contribution in [0.25, 0.3) is 0 Å². The molecule has 2 fully saturated rings. The predicted molar refractivity (Wildman–Crippen MR) is 102 cm³/mol. The van der Waals surface area contributed by atoms with Gasteiger partial charge in [0.1, 0.15) is 6.54 Å². The Bertz CT molecular complexity index is 597. The van der Waals surface area contributed by atoms with Crippen LogP contribution in [-0.4, -0.2) is 51.2 Å². The second-order valence-corrected chi connectivity index (χ2v) is 7.61. The summed E-state index contributed by atoms with van der Waals surface area (Å²) in [5.74, 6) is 2.16. The van der Waals surface area contributed by atoms with Crippen LogP contribution in [0.2, 0.25) is 0 Å². The summed E-state index contributed by atoms with van der Waals surface area (Å²) in [5.41, 5.74) is 1.16. The lowest BCUT2D eigenvalue weighted by molar-refractivity contribution is -0.921. The SMILES string of the molecule is COc1cccc(C[NH+]2CCCC(C(=O)N3CCCCCC3)C2)c1OC. The molecule has 2 atom stereocenters. The Morgan fingerprint density at radius 3 is 2.58 bits per heavy atom. The van der Waals surface area contributed by atoms with Gasteiger partial charge in [0.05, 0.1) is 38.8 Å². The molecule has 5 heteroatoms.